The summed E-state index contributed by atoms with van der Waals surface area (Å²) in [7, 11) is 1.51. The molecule has 0 unspecified atom stereocenters. The fourth-order valence-corrected chi connectivity index (χ4v) is 3.20. The van der Waals surface area contributed by atoms with Gasteiger partial charge in [0.05, 0.1) is 17.3 Å². The number of nitrogens with one attached hydrogen (secondary N) is 2. The molecule has 9 heteroatoms. The van der Waals surface area contributed by atoms with Crippen LogP contribution in [0, 0.1) is 0 Å². The van der Waals surface area contributed by atoms with E-state index in [-0.39, 0.29) is 5.91 Å². The minimum Gasteiger partial charge on any atom is -0.481 e. The summed E-state index contributed by atoms with van der Waals surface area (Å²) >= 11 is 1.26. The third-order valence-electron chi connectivity index (χ3n) is 3.46. The molecule has 0 fully saturated rings. The van der Waals surface area contributed by atoms with Crippen molar-refractivity contribution in [2.24, 2.45) is 0 Å². The van der Waals surface area contributed by atoms with Crippen molar-refractivity contribution < 1.29 is 19.1 Å². The van der Waals surface area contributed by atoms with Gasteiger partial charge in [-0.25, -0.2) is 14.8 Å². The molecule has 0 spiro atoms. The number of amides is 2. The average Bonchev–Trinajstić information content (AvgIpc) is 3.01. The predicted molar refractivity (Wildman–Crippen MR) is 108 cm³/mol. The molecule has 0 saturated heterocycles. The lowest BCUT2D eigenvalue weighted by Gasteiger charge is -2.18. The van der Waals surface area contributed by atoms with Gasteiger partial charge in [0.15, 0.2) is 5.13 Å². The van der Waals surface area contributed by atoms with Crippen LogP contribution < -0.4 is 15.4 Å². The predicted octanol–water partition coefficient (Wildman–Crippen LogP) is 4.30. The highest BCUT2D eigenvalue weighted by Crippen LogP contribution is 2.27. The number of carbonyl (C=O) groups excluding carboxylic acids is 2. The Morgan fingerprint density at radius 3 is 2.61 bits per heavy atom. The average molecular weight is 400 g/mol. The van der Waals surface area contributed by atoms with Gasteiger partial charge >= 0.3 is 6.09 Å². The van der Waals surface area contributed by atoms with Crippen molar-refractivity contribution >= 4 is 44.4 Å². The van der Waals surface area contributed by atoms with Crippen molar-refractivity contribution in [2.45, 2.75) is 26.4 Å². The van der Waals surface area contributed by atoms with Crippen LogP contribution in [0.15, 0.2) is 36.5 Å². The number of aromatic nitrogens is 2. The number of ether oxygens (including phenoxy) is 2. The molecule has 0 aliphatic heterocycles. The molecular weight excluding hydrogens is 380 g/mol. The van der Waals surface area contributed by atoms with Gasteiger partial charge in [0.1, 0.15) is 5.60 Å². The van der Waals surface area contributed by atoms with Gasteiger partial charge < -0.3 is 14.8 Å². The number of benzene rings is 1. The summed E-state index contributed by atoms with van der Waals surface area (Å²) in [5.74, 6) is 0.138. The van der Waals surface area contributed by atoms with Gasteiger partial charge in [-0.3, -0.25) is 10.1 Å². The number of hydrogen-bond acceptors (Lipinski definition) is 7. The normalized spacial score (nSPS) is 11.1. The minimum atomic E-state index is -0.596. The maximum Gasteiger partial charge on any atom is 0.413 e. The van der Waals surface area contributed by atoms with Crippen LogP contribution in [0.25, 0.3) is 10.2 Å². The summed E-state index contributed by atoms with van der Waals surface area (Å²) < 4.78 is 11.0. The van der Waals surface area contributed by atoms with Crippen LogP contribution in [-0.4, -0.2) is 34.7 Å². The van der Waals surface area contributed by atoms with Crippen LogP contribution in [-0.2, 0) is 4.74 Å². The number of rotatable bonds is 4. The minimum absolute atomic E-state index is 0.273. The Kier molecular flexibility index (Phi) is 5.46. The molecule has 0 saturated carbocycles. The number of anilines is 2. The second-order valence-corrected chi connectivity index (χ2v) is 7.90. The Hall–Kier alpha value is -3.20. The fourth-order valence-electron chi connectivity index (χ4n) is 2.31. The Balaban J connectivity index is 1.74. The van der Waals surface area contributed by atoms with Gasteiger partial charge in [-0.15, -0.1) is 0 Å². The molecule has 2 N–H and O–H groups in total. The van der Waals surface area contributed by atoms with E-state index in [0.29, 0.717) is 27.8 Å². The smallest absolute Gasteiger partial charge is 0.413 e. The van der Waals surface area contributed by atoms with Crippen molar-refractivity contribution in [1.29, 1.82) is 0 Å². The molecule has 0 radical (unpaired) electrons. The van der Waals surface area contributed by atoms with E-state index in [1.807, 2.05) is 0 Å². The summed E-state index contributed by atoms with van der Waals surface area (Å²) in [6, 6.07) is 8.43. The number of carbonyl (C=O) groups is 2. The highest BCUT2D eigenvalue weighted by molar-refractivity contribution is 7.22. The first kappa shape index (κ1) is 19.6. The summed E-state index contributed by atoms with van der Waals surface area (Å²) in [5.41, 5.74) is 1.13. The molecule has 0 aliphatic rings. The molecule has 0 atom stereocenters. The maximum absolute atomic E-state index is 12.5. The van der Waals surface area contributed by atoms with E-state index in [0.717, 1.165) is 4.70 Å². The summed E-state index contributed by atoms with van der Waals surface area (Å²) in [4.78, 5) is 32.8. The zero-order valence-electron chi connectivity index (χ0n) is 15.9. The van der Waals surface area contributed by atoms with Crippen LogP contribution in [0.1, 0.15) is 31.1 Å². The largest absolute Gasteiger partial charge is 0.481 e. The molecule has 8 nitrogen and oxygen atoms in total. The Morgan fingerprint density at radius 1 is 1.11 bits per heavy atom. The Morgan fingerprint density at radius 2 is 1.89 bits per heavy atom. The van der Waals surface area contributed by atoms with Crippen LogP contribution in [0.5, 0.6) is 5.88 Å². The first-order chi connectivity index (χ1) is 13.2. The quantitative estimate of drug-likeness (QED) is 0.677. The number of methoxy groups -OCH3 is 1. The molecular formula is C19H20N4O4S. The SMILES string of the molecule is COc1cc(NC(=O)c2ccc3nc(NC(=O)OC(C)(C)C)sc3c2)ccn1. The molecule has 1 aromatic carbocycles. The van der Waals surface area contributed by atoms with Gasteiger partial charge in [-0.05, 0) is 45.0 Å². The zero-order valence-corrected chi connectivity index (χ0v) is 16.7. The van der Waals surface area contributed by atoms with Gasteiger partial charge in [0, 0.05) is 23.5 Å². The van der Waals surface area contributed by atoms with E-state index in [1.165, 1.54) is 18.4 Å². The van der Waals surface area contributed by atoms with Crippen molar-refractivity contribution in [1.82, 2.24) is 9.97 Å². The lowest BCUT2D eigenvalue weighted by atomic mass is 10.2. The second-order valence-electron chi connectivity index (χ2n) is 6.87. The van der Waals surface area contributed by atoms with Crippen LogP contribution in [0.4, 0.5) is 15.6 Å². The maximum atomic E-state index is 12.5. The highest BCUT2D eigenvalue weighted by atomic mass is 32.1. The van der Waals surface area contributed by atoms with Crippen LogP contribution in [0.3, 0.4) is 0 Å². The van der Waals surface area contributed by atoms with E-state index in [9.17, 15) is 9.59 Å². The third-order valence-corrected chi connectivity index (χ3v) is 4.39. The summed E-state index contributed by atoms with van der Waals surface area (Å²) in [5, 5.41) is 5.82. The van der Waals surface area contributed by atoms with E-state index >= 15 is 0 Å². The topological polar surface area (TPSA) is 102 Å². The van der Waals surface area contributed by atoms with E-state index < -0.39 is 11.7 Å². The van der Waals surface area contributed by atoms with Crippen molar-refractivity contribution in [3.05, 3.63) is 42.1 Å². The number of thiazole rings is 1. The van der Waals surface area contributed by atoms with Gasteiger partial charge in [0.25, 0.3) is 5.91 Å². The third kappa shape index (κ3) is 4.95. The van der Waals surface area contributed by atoms with Gasteiger partial charge in [-0.1, -0.05) is 11.3 Å². The molecule has 2 aromatic heterocycles. The van der Waals surface area contributed by atoms with E-state index in [1.54, 1.807) is 57.3 Å². The Bertz CT molecular complexity index is 1030. The molecule has 3 rings (SSSR count). The lowest BCUT2D eigenvalue weighted by molar-refractivity contribution is 0.0635. The van der Waals surface area contributed by atoms with Crippen molar-refractivity contribution in [3.8, 4) is 5.88 Å². The lowest BCUT2D eigenvalue weighted by Crippen LogP contribution is -2.27. The Labute approximate surface area is 165 Å². The molecule has 2 amide bonds. The first-order valence-electron chi connectivity index (χ1n) is 8.45. The second kappa shape index (κ2) is 7.81. The molecule has 28 heavy (non-hydrogen) atoms. The standard InChI is InChI=1S/C19H20N4O4S/c1-19(2,3)27-18(25)23-17-22-13-6-5-11(9-14(13)28-17)16(24)21-12-7-8-20-15(10-12)26-4/h5-10H,1-4H3,(H,20,21,24)(H,22,23,25). The number of fused-ring (bicyclic) bond motifs is 1. The molecule has 3 aromatic rings. The fraction of sp³-hybridized carbons (Fsp3) is 0.263. The highest BCUT2D eigenvalue weighted by Gasteiger charge is 2.18. The summed E-state index contributed by atoms with van der Waals surface area (Å²) in [6.07, 6.45) is 0.978. The van der Waals surface area contributed by atoms with Crippen LogP contribution >= 0.6 is 11.3 Å². The van der Waals surface area contributed by atoms with E-state index in [2.05, 4.69) is 20.6 Å². The molecule has 2 heterocycles. The molecule has 146 valence electrons. The van der Waals surface area contributed by atoms with Gasteiger partial charge in [-0.2, -0.15) is 0 Å². The first-order valence-corrected chi connectivity index (χ1v) is 9.27. The molecule has 0 aliphatic carbocycles. The van der Waals surface area contributed by atoms with Crippen molar-refractivity contribution in [2.75, 3.05) is 17.7 Å². The van der Waals surface area contributed by atoms with Gasteiger partial charge in [0.2, 0.25) is 5.88 Å². The zero-order chi connectivity index (χ0) is 20.3. The number of nitrogens with zero attached hydrogens (tertiary/aromatic N) is 2. The van der Waals surface area contributed by atoms with Crippen LogP contribution in [0.2, 0.25) is 0 Å². The number of hydrogen-bond donors (Lipinski definition) is 2. The monoisotopic (exact) mass is 400 g/mol. The number of pyridine rings is 1. The van der Waals surface area contributed by atoms with E-state index in [4.69, 9.17) is 9.47 Å². The summed E-state index contributed by atoms with van der Waals surface area (Å²) in [6.45, 7) is 5.36. The molecule has 0 bridgehead atoms. The van der Waals surface area contributed by atoms with Crippen molar-refractivity contribution in [3.63, 3.8) is 0 Å².